The molecule has 0 aliphatic rings. The molecule has 10 rings (SSSR count). The highest BCUT2D eigenvalue weighted by molar-refractivity contribution is 6.13. The second kappa shape index (κ2) is 11.9. The molecule has 51 heavy (non-hydrogen) atoms. The average Bonchev–Trinajstić information content (AvgIpc) is 3.81. The summed E-state index contributed by atoms with van der Waals surface area (Å²) >= 11 is 0. The highest BCUT2D eigenvalue weighted by atomic mass is 16.3. The third kappa shape index (κ3) is 5.04. The van der Waals surface area contributed by atoms with Crippen LogP contribution in [0.1, 0.15) is 0 Å². The van der Waals surface area contributed by atoms with Crippen LogP contribution in [0.3, 0.4) is 0 Å². The number of fused-ring (bicyclic) bond motifs is 5. The first-order valence-corrected chi connectivity index (χ1v) is 17.1. The second-order valence-corrected chi connectivity index (χ2v) is 12.8. The maximum atomic E-state index is 6.41. The second-order valence-electron chi connectivity index (χ2n) is 12.8. The lowest BCUT2D eigenvalue weighted by Crippen LogP contribution is -2.09. The van der Waals surface area contributed by atoms with Crippen molar-refractivity contribution < 1.29 is 8.83 Å². The van der Waals surface area contributed by atoms with E-state index in [9.17, 15) is 0 Å². The Labute approximate surface area is 294 Å². The van der Waals surface area contributed by atoms with Crippen molar-refractivity contribution in [3.8, 4) is 33.7 Å². The van der Waals surface area contributed by atoms with Crippen LogP contribution in [-0.2, 0) is 0 Å². The first kappa shape index (κ1) is 29.0. The number of anilines is 3. The van der Waals surface area contributed by atoms with E-state index in [0.29, 0.717) is 5.89 Å². The summed E-state index contributed by atoms with van der Waals surface area (Å²) in [4.78, 5) is 7.15. The predicted octanol–water partition coefficient (Wildman–Crippen LogP) is 13.4. The van der Waals surface area contributed by atoms with Gasteiger partial charge >= 0.3 is 0 Å². The summed E-state index contributed by atoms with van der Waals surface area (Å²) in [5, 5.41) is 4.45. The molecule has 0 bridgehead atoms. The number of aromatic nitrogens is 1. The van der Waals surface area contributed by atoms with Gasteiger partial charge in [-0.3, -0.25) is 0 Å². The standard InChI is InChI=1S/C47H30N2O2/c1-2-10-31(11-3-1)32-20-24-35(25-21-32)49(36-26-22-34(23-27-36)39-15-8-13-33-12-4-5-14-38(33)39)37-28-29-43-41(30-37)46-40(16-9-19-45(46)50-43)47-48-42-17-6-7-18-44(42)51-47/h1-30H. The number of hydrogen-bond acceptors (Lipinski definition) is 4. The molecule has 0 saturated carbocycles. The zero-order chi connectivity index (χ0) is 33.7. The van der Waals surface area contributed by atoms with E-state index < -0.39 is 0 Å². The molecule has 0 spiro atoms. The maximum absolute atomic E-state index is 6.41. The summed E-state index contributed by atoms with van der Waals surface area (Å²) in [6.07, 6.45) is 0. The summed E-state index contributed by atoms with van der Waals surface area (Å²) in [6, 6.07) is 63.5. The van der Waals surface area contributed by atoms with Crippen molar-refractivity contribution in [2.75, 3.05) is 4.90 Å². The third-order valence-corrected chi connectivity index (χ3v) is 9.72. The van der Waals surface area contributed by atoms with Gasteiger partial charge < -0.3 is 13.7 Å². The molecule has 2 heterocycles. The lowest BCUT2D eigenvalue weighted by Gasteiger charge is -2.26. The highest BCUT2D eigenvalue weighted by Crippen LogP contribution is 2.42. The molecule has 0 N–H and O–H groups in total. The molecular weight excluding hydrogens is 625 g/mol. The Morgan fingerprint density at radius 1 is 0.392 bits per heavy atom. The van der Waals surface area contributed by atoms with Crippen LogP contribution in [0.4, 0.5) is 17.1 Å². The molecule has 2 aromatic heterocycles. The minimum atomic E-state index is 0.576. The molecule has 4 nitrogen and oxygen atoms in total. The highest BCUT2D eigenvalue weighted by Gasteiger charge is 2.20. The summed E-state index contributed by atoms with van der Waals surface area (Å²) in [7, 11) is 0. The van der Waals surface area contributed by atoms with Gasteiger partial charge in [0.15, 0.2) is 5.58 Å². The van der Waals surface area contributed by atoms with Gasteiger partial charge in [0.1, 0.15) is 16.7 Å². The molecule has 0 atom stereocenters. The topological polar surface area (TPSA) is 42.4 Å². The Morgan fingerprint density at radius 3 is 1.84 bits per heavy atom. The fraction of sp³-hybridized carbons (Fsp3) is 0. The predicted molar refractivity (Wildman–Crippen MR) is 210 cm³/mol. The van der Waals surface area contributed by atoms with Gasteiger partial charge in [-0.05, 0) is 99.8 Å². The summed E-state index contributed by atoms with van der Waals surface area (Å²) in [5.74, 6) is 0.576. The Bertz CT molecular complexity index is 2810. The molecule has 8 aromatic carbocycles. The van der Waals surface area contributed by atoms with Crippen LogP contribution in [0.5, 0.6) is 0 Å². The average molecular weight is 655 g/mol. The molecule has 0 saturated heterocycles. The van der Waals surface area contributed by atoms with Gasteiger partial charge in [0, 0.05) is 33.4 Å². The van der Waals surface area contributed by atoms with E-state index in [1.165, 1.54) is 33.0 Å². The van der Waals surface area contributed by atoms with Crippen LogP contribution < -0.4 is 4.90 Å². The van der Waals surface area contributed by atoms with E-state index >= 15 is 0 Å². The fourth-order valence-corrected chi connectivity index (χ4v) is 7.27. The molecule has 240 valence electrons. The van der Waals surface area contributed by atoms with Crippen LogP contribution >= 0.6 is 0 Å². The first-order valence-electron chi connectivity index (χ1n) is 17.1. The quantitative estimate of drug-likeness (QED) is 0.179. The zero-order valence-electron chi connectivity index (χ0n) is 27.5. The monoisotopic (exact) mass is 654 g/mol. The van der Waals surface area contributed by atoms with Gasteiger partial charge in [-0.25, -0.2) is 4.98 Å². The van der Waals surface area contributed by atoms with Gasteiger partial charge in [-0.1, -0.05) is 115 Å². The largest absolute Gasteiger partial charge is 0.456 e. The number of para-hydroxylation sites is 2. The summed E-state index contributed by atoms with van der Waals surface area (Å²) < 4.78 is 12.7. The lowest BCUT2D eigenvalue weighted by molar-refractivity contribution is 0.620. The van der Waals surface area contributed by atoms with E-state index in [-0.39, 0.29) is 0 Å². The molecule has 0 aliphatic heterocycles. The Kier molecular flexibility index (Phi) is 6.78. The first-order chi connectivity index (χ1) is 25.3. The molecule has 0 aliphatic carbocycles. The van der Waals surface area contributed by atoms with Crippen molar-refractivity contribution in [1.82, 2.24) is 4.98 Å². The number of oxazole rings is 1. The van der Waals surface area contributed by atoms with E-state index in [4.69, 9.17) is 13.8 Å². The van der Waals surface area contributed by atoms with Gasteiger partial charge in [0.25, 0.3) is 0 Å². The molecule has 4 heteroatoms. The van der Waals surface area contributed by atoms with Crippen molar-refractivity contribution in [3.05, 3.63) is 182 Å². The van der Waals surface area contributed by atoms with Crippen molar-refractivity contribution >= 4 is 60.9 Å². The third-order valence-electron chi connectivity index (χ3n) is 9.72. The van der Waals surface area contributed by atoms with Gasteiger partial charge in [0.05, 0.1) is 0 Å². The Morgan fingerprint density at radius 2 is 1.02 bits per heavy atom. The number of nitrogens with zero attached hydrogens (tertiary/aromatic N) is 2. The normalized spacial score (nSPS) is 11.5. The van der Waals surface area contributed by atoms with Gasteiger partial charge in [-0.15, -0.1) is 0 Å². The number of furan rings is 1. The number of benzene rings is 8. The van der Waals surface area contributed by atoms with Crippen LogP contribution in [0.2, 0.25) is 0 Å². The minimum absolute atomic E-state index is 0.576. The summed E-state index contributed by atoms with van der Waals surface area (Å²) in [5.41, 5.74) is 12.0. The van der Waals surface area contributed by atoms with Gasteiger partial charge in [0.2, 0.25) is 5.89 Å². The van der Waals surface area contributed by atoms with Crippen molar-refractivity contribution in [2.24, 2.45) is 0 Å². The molecule has 0 unspecified atom stereocenters. The van der Waals surface area contributed by atoms with E-state index in [0.717, 1.165) is 55.7 Å². The number of hydrogen-bond donors (Lipinski definition) is 0. The molecular formula is C47H30N2O2. The molecule has 0 amide bonds. The Hall–Kier alpha value is -6.91. The fourth-order valence-electron chi connectivity index (χ4n) is 7.27. The SMILES string of the molecule is c1ccc(-c2ccc(N(c3ccc(-c4cccc5ccccc45)cc3)c3ccc4oc5cccc(-c6nc7ccccc7o6)c5c4c3)cc2)cc1. The van der Waals surface area contributed by atoms with Crippen LogP contribution in [0.15, 0.2) is 191 Å². The van der Waals surface area contributed by atoms with E-state index in [2.05, 4.69) is 144 Å². The number of rotatable bonds is 6. The molecule has 10 aromatic rings. The zero-order valence-corrected chi connectivity index (χ0v) is 27.5. The lowest BCUT2D eigenvalue weighted by atomic mass is 9.98. The van der Waals surface area contributed by atoms with Crippen molar-refractivity contribution in [1.29, 1.82) is 0 Å². The smallest absolute Gasteiger partial charge is 0.228 e. The maximum Gasteiger partial charge on any atom is 0.228 e. The summed E-state index contributed by atoms with van der Waals surface area (Å²) in [6.45, 7) is 0. The van der Waals surface area contributed by atoms with Crippen molar-refractivity contribution in [3.63, 3.8) is 0 Å². The minimum Gasteiger partial charge on any atom is -0.456 e. The van der Waals surface area contributed by atoms with E-state index in [1.54, 1.807) is 0 Å². The Balaban J connectivity index is 1.13. The van der Waals surface area contributed by atoms with E-state index in [1.807, 2.05) is 42.5 Å². The van der Waals surface area contributed by atoms with Gasteiger partial charge in [-0.2, -0.15) is 0 Å². The van der Waals surface area contributed by atoms with Crippen LogP contribution in [-0.4, -0.2) is 4.98 Å². The molecule has 0 fully saturated rings. The van der Waals surface area contributed by atoms with Crippen LogP contribution in [0.25, 0.3) is 77.5 Å². The van der Waals surface area contributed by atoms with Crippen LogP contribution in [0, 0.1) is 0 Å². The molecule has 0 radical (unpaired) electrons. The van der Waals surface area contributed by atoms with Crippen molar-refractivity contribution in [2.45, 2.75) is 0 Å².